The van der Waals surface area contributed by atoms with E-state index >= 15 is 0 Å². The van der Waals surface area contributed by atoms with Crippen molar-refractivity contribution in [3.8, 4) is 5.75 Å². The summed E-state index contributed by atoms with van der Waals surface area (Å²) in [5.74, 6) is -0.0774. The summed E-state index contributed by atoms with van der Waals surface area (Å²) in [7, 11) is 0. The van der Waals surface area contributed by atoms with Crippen LogP contribution in [0.15, 0.2) is 36.4 Å². The second kappa shape index (κ2) is 6.55. The minimum atomic E-state index is -0.228. The largest absolute Gasteiger partial charge is 0.505 e. The highest BCUT2D eigenvalue weighted by Gasteiger charge is 2.25. The van der Waals surface area contributed by atoms with Crippen LogP contribution in [0.1, 0.15) is 68.6 Å². The van der Waals surface area contributed by atoms with E-state index in [-0.39, 0.29) is 22.5 Å². The number of benzene rings is 2. The lowest BCUT2D eigenvalue weighted by atomic mass is 9.79. The van der Waals surface area contributed by atoms with E-state index in [9.17, 15) is 9.90 Å². The number of carbonyl (C=O) groups excluding carboxylic acids is 1. The van der Waals surface area contributed by atoms with Crippen LogP contribution in [0.3, 0.4) is 0 Å². The number of aryl methyl sites for hydroxylation is 1. The highest BCUT2D eigenvalue weighted by Crippen LogP contribution is 2.40. The van der Waals surface area contributed by atoms with Crippen LogP contribution < -0.4 is 5.32 Å². The Hall–Kier alpha value is -2.29. The minimum absolute atomic E-state index is 0.0868. The Morgan fingerprint density at radius 1 is 0.960 bits per heavy atom. The molecular formula is C22H29NO2. The normalized spacial score (nSPS) is 12.1. The Morgan fingerprint density at radius 3 is 2.12 bits per heavy atom. The van der Waals surface area contributed by atoms with Crippen molar-refractivity contribution >= 4 is 11.6 Å². The van der Waals surface area contributed by atoms with Gasteiger partial charge in [-0.2, -0.15) is 0 Å². The molecule has 0 atom stereocenters. The maximum atomic E-state index is 12.6. The van der Waals surface area contributed by atoms with Crippen LogP contribution in [0.25, 0.3) is 0 Å². The van der Waals surface area contributed by atoms with Gasteiger partial charge < -0.3 is 10.4 Å². The fraction of sp³-hybridized carbons (Fsp3) is 0.409. The zero-order valence-electron chi connectivity index (χ0n) is 16.3. The molecule has 0 aliphatic heterocycles. The summed E-state index contributed by atoms with van der Waals surface area (Å²) < 4.78 is 0. The first kappa shape index (κ1) is 19.0. The van der Waals surface area contributed by atoms with Crippen LogP contribution in [0.4, 0.5) is 5.69 Å². The summed E-state index contributed by atoms with van der Waals surface area (Å²) in [4.78, 5) is 12.6. The molecule has 2 N–H and O–H groups in total. The van der Waals surface area contributed by atoms with Gasteiger partial charge in [-0.05, 0) is 41.5 Å². The summed E-state index contributed by atoms with van der Waals surface area (Å²) >= 11 is 0. The van der Waals surface area contributed by atoms with Crippen LogP contribution in [0.2, 0.25) is 0 Å². The van der Waals surface area contributed by atoms with Crippen molar-refractivity contribution in [1.29, 1.82) is 0 Å². The van der Waals surface area contributed by atoms with Gasteiger partial charge in [0.15, 0.2) is 0 Å². The van der Waals surface area contributed by atoms with Gasteiger partial charge in [0, 0.05) is 11.1 Å². The van der Waals surface area contributed by atoms with E-state index in [1.54, 1.807) is 6.07 Å². The molecule has 0 spiro atoms. The smallest absolute Gasteiger partial charge is 0.255 e. The predicted molar refractivity (Wildman–Crippen MR) is 105 cm³/mol. The number of anilines is 1. The molecule has 25 heavy (non-hydrogen) atoms. The van der Waals surface area contributed by atoms with Crippen LogP contribution in [-0.2, 0) is 10.8 Å². The van der Waals surface area contributed by atoms with Gasteiger partial charge in [0.1, 0.15) is 5.75 Å². The molecule has 134 valence electrons. The van der Waals surface area contributed by atoms with Crippen LogP contribution in [0, 0.1) is 6.92 Å². The highest BCUT2D eigenvalue weighted by atomic mass is 16.3. The number of aromatic hydroxyl groups is 1. The van der Waals surface area contributed by atoms with Gasteiger partial charge >= 0.3 is 0 Å². The van der Waals surface area contributed by atoms with E-state index < -0.39 is 0 Å². The molecular weight excluding hydrogens is 310 g/mol. The van der Waals surface area contributed by atoms with Crippen LogP contribution >= 0.6 is 0 Å². The van der Waals surface area contributed by atoms with E-state index in [4.69, 9.17) is 0 Å². The van der Waals surface area contributed by atoms with Crippen molar-refractivity contribution in [2.45, 2.75) is 59.3 Å². The molecule has 0 aliphatic rings. The van der Waals surface area contributed by atoms with E-state index in [1.165, 1.54) is 0 Å². The van der Waals surface area contributed by atoms with Crippen LogP contribution in [-0.4, -0.2) is 11.0 Å². The first-order valence-electron chi connectivity index (χ1n) is 8.65. The number of hydrogen-bond donors (Lipinski definition) is 2. The van der Waals surface area contributed by atoms with E-state index in [1.807, 2.05) is 37.3 Å². The first-order chi connectivity index (χ1) is 11.4. The average Bonchev–Trinajstić information content (AvgIpc) is 2.46. The number of carbonyl (C=O) groups is 1. The Kier molecular flexibility index (Phi) is 4.99. The zero-order chi connectivity index (χ0) is 19.0. The van der Waals surface area contributed by atoms with Gasteiger partial charge in [-0.15, -0.1) is 0 Å². The number of amides is 1. The van der Waals surface area contributed by atoms with Crippen molar-refractivity contribution in [2.24, 2.45) is 0 Å². The fourth-order valence-corrected chi connectivity index (χ4v) is 2.72. The minimum Gasteiger partial charge on any atom is -0.505 e. The lowest BCUT2D eigenvalue weighted by molar-refractivity contribution is 0.102. The van der Waals surface area contributed by atoms with Gasteiger partial charge in [-0.3, -0.25) is 4.79 Å². The molecule has 3 heteroatoms. The molecule has 0 aliphatic carbocycles. The van der Waals surface area contributed by atoms with E-state index in [0.29, 0.717) is 11.3 Å². The quantitative estimate of drug-likeness (QED) is 0.705. The van der Waals surface area contributed by atoms with Crippen molar-refractivity contribution in [2.75, 3.05) is 5.32 Å². The highest BCUT2D eigenvalue weighted by molar-refractivity contribution is 6.05. The molecule has 2 aromatic carbocycles. The predicted octanol–water partition coefficient (Wildman–Crippen LogP) is 5.55. The van der Waals surface area contributed by atoms with Crippen molar-refractivity contribution < 1.29 is 9.90 Å². The second-order valence-electron chi connectivity index (χ2n) is 8.74. The number of rotatable bonds is 2. The van der Waals surface area contributed by atoms with Crippen molar-refractivity contribution in [1.82, 2.24) is 0 Å². The Balaban J connectivity index is 2.51. The lowest BCUT2D eigenvalue weighted by Crippen LogP contribution is -2.19. The molecule has 3 nitrogen and oxygen atoms in total. The number of phenolic OH excluding ortho intramolecular Hbond substituents is 1. The molecule has 0 heterocycles. The summed E-state index contributed by atoms with van der Waals surface area (Å²) in [6.07, 6.45) is 0. The molecule has 0 aromatic heterocycles. The third-order valence-electron chi connectivity index (χ3n) is 4.31. The molecule has 0 bridgehead atoms. The molecule has 0 unspecified atom stereocenters. The van der Waals surface area contributed by atoms with Gasteiger partial charge in [-0.1, -0.05) is 65.3 Å². The third-order valence-corrected chi connectivity index (χ3v) is 4.31. The second-order valence-corrected chi connectivity index (χ2v) is 8.74. The maximum Gasteiger partial charge on any atom is 0.255 e. The first-order valence-corrected chi connectivity index (χ1v) is 8.65. The zero-order valence-corrected chi connectivity index (χ0v) is 16.3. The lowest BCUT2D eigenvalue weighted by Gasteiger charge is -2.27. The van der Waals surface area contributed by atoms with Gasteiger partial charge in [0.05, 0.1) is 5.69 Å². The molecule has 0 fully saturated rings. The molecule has 0 saturated carbocycles. The SMILES string of the molecule is Cc1cccc(C(=O)Nc2cc(C(C)(C)C)cc(C(C)(C)C)c2O)c1. The Bertz CT molecular complexity index is 793. The fourth-order valence-electron chi connectivity index (χ4n) is 2.72. The maximum absolute atomic E-state index is 12.6. The van der Waals surface area contributed by atoms with Gasteiger partial charge in [0.2, 0.25) is 0 Å². The number of hydrogen-bond acceptors (Lipinski definition) is 2. The molecule has 2 rings (SSSR count). The van der Waals surface area contributed by atoms with Gasteiger partial charge in [-0.25, -0.2) is 0 Å². The molecule has 0 radical (unpaired) electrons. The third kappa shape index (κ3) is 4.41. The summed E-state index contributed by atoms with van der Waals surface area (Å²) in [6.45, 7) is 14.5. The molecule has 2 aromatic rings. The van der Waals surface area contributed by atoms with Crippen LogP contribution in [0.5, 0.6) is 5.75 Å². The van der Waals surface area contributed by atoms with Crippen molar-refractivity contribution in [3.63, 3.8) is 0 Å². The Morgan fingerprint density at radius 2 is 1.60 bits per heavy atom. The summed E-state index contributed by atoms with van der Waals surface area (Å²) in [5, 5.41) is 13.6. The topological polar surface area (TPSA) is 49.3 Å². The standard InChI is InChI=1S/C22H29NO2/c1-14-9-8-10-15(11-14)20(25)23-18-13-16(21(2,3)4)12-17(19(18)24)22(5,6)7/h8-13,24H,1-7H3,(H,23,25). The van der Waals surface area contributed by atoms with Crippen molar-refractivity contribution in [3.05, 3.63) is 58.7 Å². The van der Waals surface area contributed by atoms with E-state index in [0.717, 1.165) is 16.7 Å². The molecule has 0 saturated heterocycles. The summed E-state index contributed by atoms with van der Waals surface area (Å²) in [6, 6.07) is 11.3. The summed E-state index contributed by atoms with van der Waals surface area (Å²) in [5.41, 5.74) is 3.66. The molecule has 1 amide bonds. The average molecular weight is 339 g/mol. The number of phenols is 1. The monoisotopic (exact) mass is 339 g/mol. The van der Waals surface area contributed by atoms with Gasteiger partial charge in [0.25, 0.3) is 5.91 Å². The Labute approximate surface area is 151 Å². The van der Waals surface area contributed by atoms with E-state index in [2.05, 4.69) is 46.9 Å². The number of nitrogens with one attached hydrogen (secondary N) is 1.